The highest BCUT2D eigenvalue weighted by atomic mass is 32.2. The second kappa shape index (κ2) is 5.57. The molecule has 1 N–H and O–H groups in total. The van der Waals surface area contributed by atoms with Gasteiger partial charge in [0, 0.05) is 24.7 Å². The zero-order valence-electron chi connectivity index (χ0n) is 14.9. The maximum absolute atomic E-state index is 12.9. The van der Waals surface area contributed by atoms with Gasteiger partial charge in [-0.1, -0.05) is 12.5 Å². The van der Waals surface area contributed by atoms with Crippen LogP contribution in [-0.2, 0) is 27.4 Å². The molecule has 1 aliphatic carbocycles. The van der Waals surface area contributed by atoms with E-state index in [1.54, 1.807) is 37.8 Å². The molecule has 4 rings (SSSR count). The number of rotatable bonds is 4. The highest BCUT2D eigenvalue weighted by Gasteiger charge is 2.38. The highest BCUT2D eigenvalue weighted by Crippen LogP contribution is 2.40. The van der Waals surface area contributed by atoms with Crippen molar-refractivity contribution in [2.75, 3.05) is 4.72 Å². The number of nitrogens with zero attached hydrogens (tertiary/aromatic N) is 2. The van der Waals surface area contributed by atoms with E-state index in [0.29, 0.717) is 22.7 Å². The van der Waals surface area contributed by atoms with Gasteiger partial charge in [-0.25, -0.2) is 13.2 Å². The fourth-order valence-electron chi connectivity index (χ4n) is 3.50. The number of carbonyl (C=O) groups excluding carboxylic acids is 1. The van der Waals surface area contributed by atoms with Crippen molar-refractivity contribution in [1.82, 2.24) is 9.78 Å². The first kappa shape index (κ1) is 17.1. The van der Waals surface area contributed by atoms with Crippen molar-refractivity contribution in [1.29, 1.82) is 0 Å². The maximum Gasteiger partial charge on any atom is 0.339 e. The van der Waals surface area contributed by atoms with Gasteiger partial charge in [-0.3, -0.25) is 9.40 Å². The quantitative estimate of drug-likeness (QED) is 0.830. The second-order valence-corrected chi connectivity index (χ2v) is 9.12. The highest BCUT2D eigenvalue weighted by molar-refractivity contribution is 7.92. The minimum atomic E-state index is -3.83. The number of aromatic nitrogens is 2. The summed E-state index contributed by atoms with van der Waals surface area (Å²) in [5.74, 6) is -0.205. The van der Waals surface area contributed by atoms with E-state index in [4.69, 9.17) is 4.74 Å². The van der Waals surface area contributed by atoms with E-state index in [0.717, 1.165) is 25.0 Å². The fraction of sp³-hybridized carbons (Fsp3) is 0.444. The number of aryl methyl sites for hydroxylation is 1. The summed E-state index contributed by atoms with van der Waals surface area (Å²) in [6.07, 6.45) is 4.85. The molecule has 2 heterocycles. The van der Waals surface area contributed by atoms with E-state index in [-0.39, 0.29) is 4.90 Å². The van der Waals surface area contributed by atoms with E-state index in [2.05, 4.69) is 9.82 Å². The Morgan fingerprint density at radius 1 is 1.31 bits per heavy atom. The molecular weight excluding hydrogens is 354 g/mol. The smallest absolute Gasteiger partial charge is 0.339 e. The Kier molecular flexibility index (Phi) is 3.66. The van der Waals surface area contributed by atoms with Crippen molar-refractivity contribution in [3.05, 3.63) is 41.2 Å². The Morgan fingerprint density at radius 3 is 2.69 bits per heavy atom. The second-order valence-electron chi connectivity index (χ2n) is 7.44. The molecule has 0 bridgehead atoms. The number of ether oxygens (including phenoxy) is 1. The Labute approximate surface area is 152 Å². The summed E-state index contributed by atoms with van der Waals surface area (Å²) in [5, 5.41) is 4.42. The van der Waals surface area contributed by atoms with Gasteiger partial charge in [0.1, 0.15) is 5.60 Å². The number of hydrogen-bond donors (Lipinski definition) is 1. The Morgan fingerprint density at radius 2 is 2.04 bits per heavy atom. The summed E-state index contributed by atoms with van der Waals surface area (Å²) in [6.45, 7) is 3.56. The van der Waals surface area contributed by atoms with E-state index >= 15 is 0 Å². The van der Waals surface area contributed by atoms with E-state index in [1.165, 1.54) is 12.1 Å². The zero-order valence-corrected chi connectivity index (χ0v) is 15.8. The lowest BCUT2D eigenvalue weighted by molar-refractivity contribution is 0.00954. The Balaban J connectivity index is 1.68. The monoisotopic (exact) mass is 375 g/mol. The number of cyclic esters (lactones) is 1. The van der Waals surface area contributed by atoms with Gasteiger partial charge < -0.3 is 4.74 Å². The average Bonchev–Trinajstić information content (AvgIpc) is 2.94. The number of carbonyl (C=O) groups is 1. The molecule has 0 unspecified atom stereocenters. The summed E-state index contributed by atoms with van der Waals surface area (Å²) in [4.78, 5) is 12.1. The number of sulfonamides is 1. The number of hydrogen-bond acceptors (Lipinski definition) is 5. The molecule has 1 aliphatic heterocycles. The molecule has 8 heteroatoms. The number of fused-ring (bicyclic) bond motifs is 1. The fourth-order valence-corrected chi connectivity index (χ4v) is 4.58. The summed E-state index contributed by atoms with van der Waals surface area (Å²) >= 11 is 0. The van der Waals surface area contributed by atoms with Crippen LogP contribution in [0.5, 0.6) is 0 Å². The lowest BCUT2D eigenvalue weighted by Crippen LogP contribution is -2.17. The predicted octanol–water partition coefficient (Wildman–Crippen LogP) is 2.89. The van der Waals surface area contributed by atoms with Gasteiger partial charge in [0.25, 0.3) is 10.0 Å². The van der Waals surface area contributed by atoms with Crippen LogP contribution < -0.4 is 4.72 Å². The molecular formula is C18H21N3O4S. The number of benzene rings is 1. The van der Waals surface area contributed by atoms with Crippen LogP contribution in [0, 0.1) is 0 Å². The maximum atomic E-state index is 12.9. The summed E-state index contributed by atoms with van der Waals surface area (Å²) in [6, 6.07) is 4.53. The standard InChI is InChI=1S/C18H21N3O4S/c1-18(2)14-8-7-12(9-13(14)17(22)25-18)26(23,24)20-15-10-21(3)19-16(15)11-5-4-6-11/h7-11,20H,4-6H2,1-3H3. The van der Waals surface area contributed by atoms with Crippen molar-refractivity contribution in [2.45, 2.75) is 49.5 Å². The van der Waals surface area contributed by atoms with Gasteiger partial charge in [-0.2, -0.15) is 5.10 Å². The average molecular weight is 375 g/mol. The van der Waals surface area contributed by atoms with Crippen LogP contribution in [-0.4, -0.2) is 24.2 Å². The molecule has 2 aliphatic rings. The van der Waals surface area contributed by atoms with Crippen LogP contribution in [0.15, 0.2) is 29.3 Å². The molecule has 1 aromatic heterocycles. The molecule has 0 amide bonds. The zero-order chi connectivity index (χ0) is 18.7. The lowest BCUT2D eigenvalue weighted by Gasteiger charge is -2.24. The Bertz CT molecular complexity index is 1000. The molecule has 0 atom stereocenters. The van der Waals surface area contributed by atoms with Crippen molar-refractivity contribution in [2.24, 2.45) is 7.05 Å². The van der Waals surface area contributed by atoms with Gasteiger partial charge in [0.05, 0.1) is 21.8 Å². The van der Waals surface area contributed by atoms with Crippen molar-refractivity contribution in [3.63, 3.8) is 0 Å². The van der Waals surface area contributed by atoms with Crippen LogP contribution in [0.4, 0.5) is 5.69 Å². The van der Waals surface area contributed by atoms with Crippen molar-refractivity contribution < 1.29 is 17.9 Å². The summed E-state index contributed by atoms with van der Waals surface area (Å²) in [7, 11) is -2.06. The molecule has 138 valence electrons. The van der Waals surface area contributed by atoms with Crippen molar-refractivity contribution in [3.8, 4) is 0 Å². The summed E-state index contributed by atoms with van der Waals surface area (Å²) in [5.41, 5.74) is 1.52. The Hall–Kier alpha value is -2.35. The van der Waals surface area contributed by atoms with E-state index in [1.807, 2.05) is 0 Å². The molecule has 1 aromatic carbocycles. The van der Waals surface area contributed by atoms with E-state index < -0.39 is 21.6 Å². The van der Waals surface area contributed by atoms with Crippen LogP contribution in [0.1, 0.15) is 60.6 Å². The van der Waals surface area contributed by atoms with Gasteiger partial charge in [0.15, 0.2) is 0 Å². The van der Waals surface area contributed by atoms with E-state index in [9.17, 15) is 13.2 Å². The molecule has 2 aromatic rings. The van der Waals surface area contributed by atoms with Gasteiger partial charge in [-0.05, 0) is 38.8 Å². The first-order chi connectivity index (χ1) is 12.2. The molecule has 0 radical (unpaired) electrons. The first-order valence-electron chi connectivity index (χ1n) is 8.61. The molecule has 26 heavy (non-hydrogen) atoms. The molecule has 0 spiro atoms. The number of anilines is 1. The largest absolute Gasteiger partial charge is 0.451 e. The third kappa shape index (κ3) is 2.68. The number of esters is 1. The minimum Gasteiger partial charge on any atom is -0.451 e. The lowest BCUT2D eigenvalue weighted by atomic mass is 9.82. The summed E-state index contributed by atoms with van der Waals surface area (Å²) < 4.78 is 35.3. The molecule has 0 saturated heterocycles. The predicted molar refractivity (Wildman–Crippen MR) is 95.5 cm³/mol. The van der Waals surface area contributed by atoms with Crippen LogP contribution >= 0.6 is 0 Å². The molecule has 1 saturated carbocycles. The third-order valence-corrected chi connectivity index (χ3v) is 6.47. The molecule has 1 fully saturated rings. The topological polar surface area (TPSA) is 90.3 Å². The van der Waals surface area contributed by atoms with Crippen LogP contribution in [0.3, 0.4) is 0 Å². The van der Waals surface area contributed by atoms with Gasteiger partial charge >= 0.3 is 5.97 Å². The van der Waals surface area contributed by atoms with Gasteiger partial charge in [-0.15, -0.1) is 0 Å². The first-order valence-corrected chi connectivity index (χ1v) is 10.1. The van der Waals surface area contributed by atoms with Crippen LogP contribution in [0.2, 0.25) is 0 Å². The van der Waals surface area contributed by atoms with Crippen LogP contribution in [0.25, 0.3) is 0 Å². The number of nitrogens with one attached hydrogen (secondary N) is 1. The van der Waals surface area contributed by atoms with Crippen molar-refractivity contribution >= 4 is 21.7 Å². The molecule has 7 nitrogen and oxygen atoms in total. The van der Waals surface area contributed by atoms with Gasteiger partial charge in [0.2, 0.25) is 0 Å². The minimum absolute atomic E-state index is 0.0364. The third-order valence-electron chi connectivity index (χ3n) is 5.11. The normalized spacial score (nSPS) is 19.0. The SMILES string of the molecule is Cn1cc(NS(=O)(=O)c2ccc3c(c2)C(=O)OC3(C)C)c(C2CCC2)n1.